The molecule has 9 rings (SSSR count). The molecule has 6 N–H and O–H groups in total. The van der Waals surface area contributed by atoms with Crippen LogP contribution in [-0.2, 0) is 26.7 Å². The highest BCUT2D eigenvalue weighted by Crippen LogP contribution is 2.39. The molecule has 2 amide bonds. The summed E-state index contributed by atoms with van der Waals surface area (Å²) in [7, 11) is 3.32. The monoisotopic (exact) mass is 841 g/mol. The van der Waals surface area contributed by atoms with Crippen LogP contribution in [0.3, 0.4) is 0 Å². The number of carboxylic acid groups (broad SMARTS) is 1. The predicted octanol–water partition coefficient (Wildman–Crippen LogP) is 5.47. The van der Waals surface area contributed by atoms with Crippen molar-refractivity contribution in [2.24, 2.45) is 13.0 Å². The van der Waals surface area contributed by atoms with Gasteiger partial charge in [0.15, 0.2) is 5.69 Å². The highest BCUT2D eigenvalue weighted by atomic mass is 16.5. The molecule has 5 heterocycles. The van der Waals surface area contributed by atoms with Crippen LogP contribution in [0.5, 0.6) is 17.2 Å². The van der Waals surface area contributed by atoms with Gasteiger partial charge in [-0.1, -0.05) is 60.7 Å². The van der Waals surface area contributed by atoms with Crippen LogP contribution in [-0.4, -0.2) is 91.2 Å². The molecule has 3 aliphatic heterocycles. The number of hydrogen-bond acceptors (Lipinski definition) is 10. The molecule has 3 fully saturated rings. The Bertz CT molecular complexity index is 2610. The Morgan fingerprint density at radius 1 is 0.952 bits per heavy atom. The lowest BCUT2D eigenvalue weighted by atomic mass is 9.81. The zero-order valence-corrected chi connectivity index (χ0v) is 34.7. The van der Waals surface area contributed by atoms with Crippen molar-refractivity contribution in [1.29, 1.82) is 0 Å². The summed E-state index contributed by atoms with van der Waals surface area (Å²) in [6.45, 7) is 3.70. The van der Waals surface area contributed by atoms with Crippen LogP contribution in [0.1, 0.15) is 69.0 Å². The van der Waals surface area contributed by atoms with Crippen molar-refractivity contribution >= 4 is 22.9 Å². The van der Waals surface area contributed by atoms with E-state index >= 15 is 0 Å². The van der Waals surface area contributed by atoms with Gasteiger partial charge in [-0.3, -0.25) is 19.2 Å². The number of nitrogens with one attached hydrogen (secondary N) is 3. The lowest BCUT2D eigenvalue weighted by Gasteiger charge is -2.50. The van der Waals surface area contributed by atoms with E-state index < -0.39 is 18.2 Å². The fraction of sp³-hybridized carbons (Fsp3) is 0.319. The standard InChI is InChI=1S/C47H51N7O8/c1-52-34(28-62-35-10-6-9-32(22-35)45(31-7-4-3-5-8-31)54(47(59)60)39-27-53-19-17-30(39)18-20-53)23-38(51-52)46(58)49-24-29-11-12-33(42(21-29)61-2)25-48-26-41(56)36-13-15-40(55)44-37(36)14-16-43(57)50-44/h3-16,21-23,30,39,41,45,48,55-56H,17-20,24-28H2,1-2H3,(H,49,58)(H,50,57)(H,59,60)/t39-,41+,45?/m0/s1. The Labute approximate surface area is 358 Å². The Hall–Kier alpha value is -6.68. The molecule has 15 heteroatoms. The lowest BCUT2D eigenvalue weighted by molar-refractivity contribution is -0.000815. The second-order valence-electron chi connectivity index (χ2n) is 16.0. The highest BCUT2D eigenvalue weighted by molar-refractivity contribution is 5.92. The number of aliphatic hydroxyl groups is 1. The number of piperidine rings is 3. The number of fused-ring (bicyclic) bond motifs is 4. The van der Waals surface area contributed by atoms with E-state index in [0.717, 1.165) is 54.7 Å². The van der Waals surface area contributed by atoms with Crippen molar-refractivity contribution in [2.45, 2.75) is 50.7 Å². The van der Waals surface area contributed by atoms with E-state index in [4.69, 9.17) is 9.47 Å². The lowest BCUT2D eigenvalue weighted by Crippen LogP contribution is -2.59. The summed E-state index contributed by atoms with van der Waals surface area (Å²) >= 11 is 0. The molecule has 15 nitrogen and oxygen atoms in total. The summed E-state index contributed by atoms with van der Waals surface area (Å²) in [6, 6.07) is 30.0. The third-order valence-electron chi connectivity index (χ3n) is 12.1. The van der Waals surface area contributed by atoms with Crippen molar-refractivity contribution < 1.29 is 34.4 Å². The van der Waals surface area contributed by atoms with Crippen LogP contribution in [0.15, 0.2) is 108 Å². The number of phenols is 1. The highest BCUT2D eigenvalue weighted by Gasteiger charge is 2.43. The van der Waals surface area contributed by atoms with Gasteiger partial charge in [0, 0.05) is 50.2 Å². The van der Waals surface area contributed by atoms with E-state index in [9.17, 15) is 29.7 Å². The largest absolute Gasteiger partial charge is 0.506 e. The number of aryl methyl sites for hydroxylation is 1. The number of pyridine rings is 1. The molecule has 322 valence electrons. The molecule has 0 saturated carbocycles. The zero-order valence-electron chi connectivity index (χ0n) is 34.7. The van der Waals surface area contributed by atoms with E-state index in [1.165, 1.54) is 12.1 Å². The number of aliphatic hydroxyl groups excluding tert-OH is 1. The van der Waals surface area contributed by atoms with Gasteiger partial charge < -0.3 is 45.3 Å². The minimum absolute atomic E-state index is 0.0727. The van der Waals surface area contributed by atoms with Gasteiger partial charge in [-0.25, -0.2) is 4.79 Å². The number of aromatic nitrogens is 3. The summed E-state index contributed by atoms with van der Waals surface area (Å²) in [5, 5.41) is 43.0. The molecular weight excluding hydrogens is 791 g/mol. The van der Waals surface area contributed by atoms with Gasteiger partial charge >= 0.3 is 6.09 Å². The normalized spacial score (nSPS) is 18.0. The Morgan fingerprint density at radius 3 is 2.48 bits per heavy atom. The van der Waals surface area contributed by atoms with E-state index in [2.05, 4.69) is 25.6 Å². The van der Waals surface area contributed by atoms with Crippen LogP contribution in [0.4, 0.5) is 4.79 Å². The van der Waals surface area contributed by atoms with Gasteiger partial charge in [0.25, 0.3) is 5.91 Å². The quantitative estimate of drug-likeness (QED) is 0.0724. The number of benzene rings is 4. The van der Waals surface area contributed by atoms with Crippen LogP contribution >= 0.6 is 0 Å². The molecule has 3 atom stereocenters. The molecule has 3 aliphatic rings. The number of rotatable bonds is 16. The number of phenolic OH excluding ortho intramolecular Hbond substituents is 1. The average molecular weight is 842 g/mol. The summed E-state index contributed by atoms with van der Waals surface area (Å²) in [6.07, 6.45) is 0.135. The van der Waals surface area contributed by atoms with E-state index in [0.29, 0.717) is 40.6 Å². The van der Waals surface area contributed by atoms with Crippen molar-refractivity contribution in [3.8, 4) is 17.2 Å². The molecular formula is C47H51N7O8. The number of carbonyl (C=O) groups is 2. The van der Waals surface area contributed by atoms with Crippen LogP contribution in [0, 0.1) is 5.92 Å². The van der Waals surface area contributed by atoms with Crippen molar-refractivity contribution in [3.63, 3.8) is 0 Å². The molecule has 0 radical (unpaired) electrons. The molecule has 3 saturated heterocycles. The van der Waals surface area contributed by atoms with Crippen LogP contribution < -0.4 is 25.7 Å². The SMILES string of the molecule is COc1cc(CNC(=O)c2cc(COc3cccc(C(c4ccccc4)N(C(=O)O)[C@H]4CN5CCC4CC5)c3)n(C)n2)ccc1CNC[C@@H](O)c1ccc(O)c2[nH]c(=O)ccc12. The maximum Gasteiger partial charge on any atom is 0.408 e. The third-order valence-corrected chi connectivity index (χ3v) is 12.1. The molecule has 4 aromatic carbocycles. The topological polar surface area (TPSA) is 195 Å². The first-order valence-corrected chi connectivity index (χ1v) is 20.8. The maximum absolute atomic E-state index is 13.3. The number of H-pyrrole nitrogens is 1. The van der Waals surface area contributed by atoms with Crippen molar-refractivity contribution in [3.05, 3.63) is 153 Å². The van der Waals surface area contributed by atoms with Gasteiger partial charge in [-0.15, -0.1) is 0 Å². The number of carbonyl (C=O) groups excluding carboxylic acids is 1. The molecule has 0 aliphatic carbocycles. The van der Waals surface area contributed by atoms with Crippen LogP contribution in [0.25, 0.3) is 10.9 Å². The molecule has 0 spiro atoms. The predicted molar refractivity (Wildman–Crippen MR) is 232 cm³/mol. The van der Waals surface area contributed by atoms with Crippen LogP contribution in [0.2, 0.25) is 0 Å². The van der Waals surface area contributed by atoms with Gasteiger partial charge in [-0.2, -0.15) is 5.10 Å². The smallest absolute Gasteiger partial charge is 0.408 e. The average Bonchev–Trinajstić information content (AvgIpc) is 3.67. The number of aromatic amines is 1. The Balaban J connectivity index is 0.879. The molecule has 62 heavy (non-hydrogen) atoms. The van der Waals surface area contributed by atoms with Gasteiger partial charge in [0.05, 0.1) is 36.5 Å². The molecule has 1 unspecified atom stereocenters. The number of methoxy groups -OCH3 is 1. The van der Waals surface area contributed by atoms with Crippen molar-refractivity contribution in [1.82, 2.24) is 35.2 Å². The summed E-state index contributed by atoms with van der Waals surface area (Å²) in [5.74, 6) is 1.07. The first-order chi connectivity index (χ1) is 30.1. The van der Waals surface area contributed by atoms with Gasteiger partial charge in [0.2, 0.25) is 5.56 Å². The third kappa shape index (κ3) is 9.15. The van der Waals surface area contributed by atoms with Gasteiger partial charge in [-0.05, 0) is 90.5 Å². The fourth-order valence-electron chi connectivity index (χ4n) is 8.85. The first-order valence-electron chi connectivity index (χ1n) is 20.8. The fourth-order valence-corrected chi connectivity index (χ4v) is 8.85. The Kier molecular flexibility index (Phi) is 12.6. The number of ether oxygens (including phenoxy) is 2. The maximum atomic E-state index is 13.3. The minimum Gasteiger partial charge on any atom is -0.506 e. The summed E-state index contributed by atoms with van der Waals surface area (Å²) < 4.78 is 13.5. The van der Waals surface area contributed by atoms with E-state index in [-0.39, 0.29) is 54.2 Å². The van der Waals surface area contributed by atoms with E-state index in [1.807, 2.05) is 72.8 Å². The molecule has 2 aromatic heterocycles. The number of amides is 2. The summed E-state index contributed by atoms with van der Waals surface area (Å²) in [4.78, 5) is 44.8. The Morgan fingerprint density at radius 2 is 1.74 bits per heavy atom. The number of nitrogens with zero attached hydrogens (tertiary/aromatic N) is 4. The van der Waals surface area contributed by atoms with E-state index in [1.54, 1.807) is 41.9 Å². The molecule has 2 bridgehead atoms. The second-order valence-corrected chi connectivity index (χ2v) is 16.0. The summed E-state index contributed by atoms with van der Waals surface area (Å²) in [5.41, 5.74) is 4.77. The second kappa shape index (κ2) is 18.5. The number of aromatic hydroxyl groups is 1. The zero-order chi connectivity index (χ0) is 43.3. The number of hydrogen-bond donors (Lipinski definition) is 6. The molecule has 6 aromatic rings. The van der Waals surface area contributed by atoms with Crippen molar-refractivity contribution in [2.75, 3.05) is 33.3 Å². The van der Waals surface area contributed by atoms with Gasteiger partial charge in [0.1, 0.15) is 23.9 Å². The first kappa shape index (κ1) is 42.0. The minimum atomic E-state index is -0.940.